The van der Waals surface area contributed by atoms with Gasteiger partial charge < -0.3 is 80.4 Å². The first kappa shape index (κ1) is 60.2. The van der Waals surface area contributed by atoms with Crippen molar-refractivity contribution in [3.63, 3.8) is 0 Å². The van der Waals surface area contributed by atoms with Crippen molar-refractivity contribution in [1.29, 1.82) is 0 Å². The number of rotatable bonds is 31. The molecular formula is C44H67N13O15. The molecule has 28 heteroatoms. The highest BCUT2D eigenvalue weighted by Gasteiger charge is 2.40. The average molecular weight is 1020 g/mol. The fourth-order valence-electron chi connectivity index (χ4n) is 7.25. The quantitative estimate of drug-likeness (QED) is 0.0188. The van der Waals surface area contributed by atoms with E-state index < -0.39 is 158 Å². The predicted molar refractivity (Wildman–Crippen MR) is 253 cm³/mol. The Morgan fingerprint density at radius 3 is 1.94 bits per heavy atom. The van der Waals surface area contributed by atoms with Crippen LogP contribution in [0.3, 0.4) is 0 Å². The van der Waals surface area contributed by atoms with Crippen molar-refractivity contribution in [3.05, 3.63) is 35.9 Å². The summed E-state index contributed by atoms with van der Waals surface area (Å²) in [6, 6.07) is -2.71. The summed E-state index contributed by atoms with van der Waals surface area (Å²) in [5.74, 6) is -13.3. The molecular weight excluding hydrogens is 951 g/mol. The standard InChI is InChI=1S/C44H67N13O15/c1-4-22(2)35(56-40(68)30-13-9-17-57(30)42(70)29(18-24-10-6-5-7-11-24)55-37(65)25(45)19-34(62)63)41(69)51-23(3)36(64)54-28(20-31(46)58)38(66)50-21-32(59)52-26(14-15-33(60)61)39(67)53-27(43(71)72)12-8-16-49-44(47)48/h5-7,10-11,22-23,25-30,35H,4,8-9,12-21,45H2,1-3H3,(H2,46,58)(H,50,66)(H,51,69)(H,52,59)(H,53,67)(H,54,64)(H,55,65)(H,56,68)(H,60,61)(H,62,63)(H,71,72)(H4,47,48,49)/t22-,23-,25-,26-,27-,28-,29-,30-,35-/m0/s1. The van der Waals surface area contributed by atoms with Gasteiger partial charge >= 0.3 is 17.9 Å². The number of carboxylic acid groups (broad SMARTS) is 3. The lowest BCUT2D eigenvalue weighted by Crippen LogP contribution is -2.60. The maximum atomic E-state index is 14.1. The van der Waals surface area contributed by atoms with Gasteiger partial charge in [0.2, 0.25) is 53.2 Å². The van der Waals surface area contributed by atoms with E-state index in [0.29, 0.717) is 18.4 Å². The molecule has 0 radical (unpaired) electrons. The van der Waals surface area contributed by atoms with Gasteiger partial charge in [-0.3, -0.25) is 57.7 Å². The number of primary amides is 1. The summed E-state index contributed by atoms with van der Waals surface area (Å²) >= 11 is 0. The lowest BCUT2D eigenvalue weighted by molar-refractivity contribution is -0.143. The molecule has 1 aliphatic heterocycles. The topological polar surface area (TPSA) is 469 Å². The number of hydrogen-bond donors (Lipinski definition) is 14. The number of carboxylic acids is 3. The van der Waals surface area contributed by atoms with Crippen molar-refractivity contribution in [1.82, 2.24) is 42.1 Å². The molecule has 1 aliphatic rings. The van der Waals surface area contributed by atoms with Crippen LogP contribution in [-0.2, 0) is 64.0 Å². The van der Waals surface area contributed by atoms with Gasteiger partial charge in [0.05, 0.1) is 25.4 Å². The lowest BCUT2D eigenvalue weighted by Gasteiger charge is -2.31. The molecule has 72 heavy (non-hydrogen) atoms. The van der Waals surface area contributed by atoms with Crippen molar-refractivity contribution in [2.45, 2.75) is 133 Å². The minimum absolute atomic E-state index is 0.0223. The predicted octanol–water partition coefficient (Wildman–Crippen LogP) is -5.01. The average Bonchev–Trinajstić information content (AvgIpc) is 3.81. The molecule has 9 atom stereocenters. The van der Waals surface area contributed by atoms with Crippen LogP contribution in [0, 0.1) is 5.92 Å². The third-order valence-electron chi connectivity index (χ3n) is 11.3. The van der Waals surface area contributed by atoms with Crippen molar-refractivity contribution in [2.75, 3.05) is 19.6 Å². The molecule has 1 saturated heterocycles. The minimum atomic E-state index is -1.72. The zero-order chi connectivity index (χ0) is 54.2. The van der Waals surface area contributed by atoms with Crippen LogP contribution in [0.5, 0.6) is 0 Å². The van der Waals surface area contributed by atoms with Gasteiger partial charge in [-0.25, -0.2) is 4.79 Å². The maximum Gasteiger partial charge on any atom is 0.326 e. The van der Waals surface area contributed by atoms with Gasteiger partial charge in [0.25, 0.3) is 0 Å². The van der Waals surface area contributed by atoms with Crippen LogP contribution in [0.4, 0.5) is 0 Å². The Morgan fingerprint density at radius 1 is 0.722 bits per heavy atom. The van der Waals surface area contributed by atoms with Crippen molar-refractivity contribution in [2.24, 2.45) is 33.8 Å². The first-order valence-electron chi connectivity index (χ1n) is 23.0. The highest BCUT2D eigenvalue weighted by atomic mass is 16.4. The van der Waals surface area contributed by atoms with Gasteiger partial charge in [-0.1, -0.05) is 50.6 Å². The van der Waals surface area contributed by atoms with E-state index in [1.165, 1.54) is 11.8 Å². The van der Waals surface area contributed by atoms with E-state index >= 15 is 0 Å². The Bertz CT molecular complexity index is 2160. The maximum absolute atomic E-state index is 14.1. The highest BCUT2D eigenvalue weighted by molar-refractivity contribution is 5.99. The molecule has 1 aromatic rings. The largest absolute Gasteiger partial charge is 0.481 e. The Morgan fingerprint density at radius 2 is 1.36 bits per heavy atom. The molecule has 1 fully saturated rings. The van der Waals surface area contributed by atoms with E-state index in [1.54, 1.807) is 44.2 Å². The summed E-state index contributed by atoms with van der Waals surface area (Å²) in [6.07, 6.45) is -1.75. The van der Waals surface area contributed by atoms with Crippen LogP contribution in [0.2, 0.25) is 0 Å². The molecule has 1 heterocycles. The number of aliphatic imine (C=N–C) groups is 1. The van der Waals surface area contributed by atoms with Crippen molar-refractivity contribution < 1.29 is 72.9 Å². The first-order chi connectivity index (χ1) is 33.8. The van der Waals surface area contributed by atoms with Gasteiger partial charge in [-0.15, -0.1) is 0 Å². The number of nitrogens with one attached hydrogen (secondary N) is 7. The van der Waals surface area contributed by atoms with E-state index in [9.17, 15) is 67.7 Å². The SMILES string of the molecule is CC[C@H](C)[C@H](NC(=O)[C@@H]1CCCN1C(=O)[C@H](Cc1ccccc1)NC(=O)[C@@H](N)CC(=O)O)C(=O)N[C@@H](C)C(=O)N[C@@H](CC(N)=O)C(=O)NCC(=O)N[C@@H](CCC(=O)O)C(=O)N[C@@H](CCCN=C(N)N)C(=O)O. The zero-order valence-corrected chi connectivity index (χ0v) is 40.2. The fourth-order valence-corrected chi connectivity index (χ4v) is 7.25. The Kier molecular flexibility index (Phi) is 25.1. The van der Waals surface area contributed by atoms with Crippen molar-refractivity contribution >= 4 is 77.0 Å². The first-order valence-corrected chi connectivity index (χ1v) is 23.0. The summed E-state index contributed by atoms with van der Waals surface area (Å²) in [7, 11) is 0. The third kappa shape index (κ3) is 21.0. The Balaban J connectivity index is 2.16. The third-order valence-corrected chi connectivity index (χ3v) is 11.3. The molecule has 0 aromatic heterocycles. The van der Waals surface area contributed by atoms with Crippen LogP contribution < -0.4 is 60.2 Å². The lowest BCUT2D eigenvalue weighted by atomic mass is 9.97. The summed E-state index contributed by atoms with van der Waals surface area (Å²) < 4.78 is 0. The monoisotopic (exact) mass is 1020 g/mol. The van der Waals surface area contributed by atoms with Crippen LogP contribution in [-0.4, -0.2) is 165 Å². The zero-order valence-electron chi connectivity index (χ0n) is 40.2. The molecule has 9 amide bonds. The molecule has 0 unspecified atom stereocenters. The van der Waals surface area contributed by atoms with Crippen LogP contribution >= 0.6 is 0 Å². The van der Waals surface area contributed by atoms with E-state index in [2.05, 4.69) is 42.2 Å². The summed E-state index contributed by atoms with van der Waals surface area (Å²) in [6.45, 7) is 3.87. The number of guanidine groups is 1. The number of aliphatic carboxylic acids is 3. The molecule has 0 saturated carbocycles. The fraction of sp³-hybridized carbons (Fsp3) is 0.568. The number of likely N-dealkylation sites (tertiary alicyclic amines) is 1. The van der Waals surface area contributed by atoms with Gasteiger partial charge in [-0.2, -0.15) is 0 Å². The highest BCUT2D eigenvalue weighted by Crippen LogP contribution is 2.21. The van der Waals surface area contributed by atoms with Gasteiger partial charge in [0.1, 0.15) is 42.3 Å². The van der Waals surface area contributed by atoms with E-state index in [-0.39, 0.29) is 44.7 Å². The number of carbonyl (C=O) groups excluding carboxylic acids is 9. The Labute approximate surface area is 413 Å². The minimum Gasteiger partial charge on any atom is -0.481 e. The summed E-state index contributed by atoms with van der Waals surface area (Å²) in [4.78, 5) is 159. The van der Waals surface area contributed by atoms with Gasteiger partial charge in [0.15, 0.2) is 5.96 Å². The molecule has 28 nitrogen and oxygen atoms in total. The second-order valence-corrected chi connectivity index (χ2v) is 17.1. The van der Waals surface area contributed by atoms with E-state index in [1.807, 2.05) is 0 Å². The molecule has 0 bridgehead atoms. The number of nitrogens with two attached hydrogens (primary N) is 4. The van der Waals surface area contributed by atoms with Crippen LogP contribution in [0.1, 0.15) is 84.1 Å². The molecule has 0 aliphatic carbocycles. The second-order valence-electron chi connectivity index (χ2n) is 17.1. The van der Waals surface area contributed by atoms with E-state index in [4.69, 9.17) is 28.0 Å². The van der Waals surface area contributed by atoms with Gasteiger partial charge in [0, 0.05) is 25.9 Å². The van der Waals surface area contributed by atoms with Crippen LogP contribution in [0.25, 0.3) is 0 Å². The Hall–Kier alpha value is -7.91. The van der Waals surface area contributed by atoms with Gasteiger partial charge in [-0.05, 0) is 50.5 Å². The smallest absolute Gasteiger partial charge is 0.326 e. The second kappa shape index (κ2) is 30.0. The molecule has 2 rings (SSSR count). The van der Waals surface area contributed by atoms with E-state index in [0.717, 1.165) is 0 Å². The molecule has 18 N–H and O–H groups in total. The molecule has 398 valence electrons. The summed E-state index contributed by atoms with van der Waals surface area (Å²) in [5.41, 5.74) is 22.3. The summed E-state index contributed by atoms with van der Waals surface area (Å²) in [5, 5.41) is 44.5. The molecule has 1 aromatic carbocycles. The number of benzene rings is 1. The normalized spacial score (nSPS) is 16.3. The number of hydrogen-bond acceptors (Lipinski definition) is 14. The van der Waals surface area contributed by atoms with Crippen LogP contribution in [0.15, 0.2) is 35.3 Å². The number of carbonyl (C=O) groups is 12. The number of nitrogens with zero attached hydrogens (tertiary/aromatic N) is 2. The molecule has 0 spiro atoms. The van der Waals surface area contributed by atoms with Crippen molar-refractivity contribution in [3.8, 4) is 0 Å². The number of amides is 9.